The summed E-state index contributed by atoms with van der Waals surface area (Å²) in [7, 11) is 0. The van der Waals surface area contributed by atoms with Crippen molar-refractivity contribution in [3.8, 4) is 0 Å². The van der Waals surface area contributed by atoms with E-state index in [-0.39, 0.29) is 39.0 Å². The van der Waals surface area contributed by atoms with Gasteiger partial charge < -0.3 is 46.0 Å². The second kappa shape index (κ2) is 22.6. The number of hydrogen-bond acceptors (Lipinski definition) is 9. The van der Waals surface area contributed by atoms with Gasteiger partial charge in [0.2, 0.25) is 0 Å². The van der Waals surface area contributed by atoms with Gasteiger partial charge in [0.1, 0.15) is 0 Å². The van der Waals surface area contributed by atoms with Gasteiger partial charge in [-0.15, -0.1) is 0 Å². The van der Waals surface area contributed by atoms with Crippen LogP contribution in [-0.4, -0.2) is 15.3 Å². The second-order valence-corrected chi connectivity index (χ2v) is 0.671. The van der Waals surface area contributed by atoms with Gasteiger partial charge in [0.25, 0.3) is 0 Å². The summed E-state index contributed by atoms with van der Waals surface area (Å²) in [6.07, 6.45) is 0. The average molecular weight is 388 g/mol. The molecule has 80 valence electrons. The minimum atomic E-state index is -1.75. The zero-order chi connectivity index (χ0) is 10.7. The van der Waals surface area contributed by atoms with E-state index in [9.17, 15) is 0 Å². The molecule has 0 fully saturated rings. The molecule has 14 heteroatoms. The molecule has 0 atom stereocenters. The molecule has 0 aliphatic rings. The molecule has 0 unspecified atom stereocenters. The van der Waals surface area contributed by atoms with Crippen molar-refractivity contribution < 1.29 is 54.2 Å². The summed E-state index contributed by atoms with van der Waals surface area (Å²) in [6.45, 7) is 0. The first kappa shape index (κ1) is 29.3. The molecule has 0 aliphatic heterocycles. The molecule has 0 bridgehead atoms. The minimum absolute atomic E-state index is 0. The van der Waals surface area contributed by atoms with E-state index in [1.165, 1.54) is 0 Å². The van der Waals surface area contributed by atoms with Crippen molar-refractivity contribution >= 4 is 0 Å². The van der Waals surface area contributed by atoms with Crippen LogP contribution in [0.5, 0.6) is 0 Å². The maximum atomic E-state index is 8.25. The summed E-state index contributed by atoms with van der Waals surface area (Å²) in [5.74, 6) is 0. The third-order valence-corrected chi connectivity index (χ3v) is 0. The molecule has 0 spiro atoms. The zero-order valence-electron chi connectivity index (χ0n) is 5.72. The van der Waals surface area contributed by atoms with Gasteiger partial charge in [0.15, 0.2) is 0 Å². The first-order valence-electron chi connectivity index (χ1n) is 1.64. The molecule has 12 nitrogen and oxygen atoms in total. The van der Waals surface area contributed by atoms with Gasteiger partial charge in [-0.05, 0) is 0 Å². The average Bonchev–Trinajstić information content (AvgIpc) is 1.54. The minimum Gasteiger partial charge on any atom is -0.356 e. The van der Waals surface area contributed by atoms with Gasteiger partial charge in [-0.3, -0.25) is 0 Å². The molecule has 0 heterocycles. The second-order valence-electron chi connectivity index (χ2n) is 0.671. The van der Waals surface area contributed by atoms with Crippen LogP contribution in [0.3, 0.4) is 0 Å². The van der Waals surface area contributed by atoms with Crippen LogP contribution in [0.1, 0.15) is 0 Å². The van der Waals surface area contributed by atoms with Crippen LogP contribution in [0.25, 0.3) is 0 Å². The molecule has 0 aromatic heterocycles. The maximum Gasteiger partial charge on any atom is 4.00 e. The van der Waals surface area contributed by atoms with E-state index in [1.54, 1.807) is 0 Å². The van der Waals surface area contributed by atoms with E-state index in [4.69, 9.17) is 46.0 Å². The molecule has 0 N–H and O–H groups in total. The molecule has 0 aromatic rings. The summed E-state index contributed by atoms with van der Waals surface area (Å²) in [6, 6.07) is 0. The monoisotopic (exact) mass is 390 g/mol. The smallest absolute Gasteiger partial charge is 0.356 e. The van der Waals surface area contributed by atoms with E-state index < -0.39 is 15.3 Å². The first-order valence-corrected chi connectivity index (χ1v) is 1.64. The van der Waals surface area contributed by atoms with Crippen molar-refractivity contribution in [1.82, 2.24) is 0 Å². The maximum absolute atomic E-state index is 8.25. The van der Waals surface area contributed by atoms with Crippen molar-refractivity contribution in [2.45, 2.75) is 0 Å². The van der Waals surface area contributed by atoms with E-state index in [0.29, 0.717) is 0 Å². The first-order chi connectivity index (χ1) is 5.20. The molecule has 0 aromatic carbocycles. The number of nitrogens with zero attached hydrogens (tertiary/aromatic N) is 3. The van der Waals surface area contributed by atoms with Crippen LogP contribution in [0.2, 0.25) is 0 Å². The number of hydrogen-bond donors (Lipinski definition) is 0. The van der Waals surface area contributed by atoms with Crippen molar-refractivity contribution in [2.75, 3.05) is 0 Å². The van der Waals surface area contributed by atoms with Crippen molar-refractivity contribution in [3.05, 3.63) is 46.0 Å². The molecular weight excluding hydrogens is 388 g/mol. The molecular formula is N3O9Ru2+5. The van der Waals surface area contributed by atoms with Crippen LogP contribution in [0, 0.1) is 46.0 Å². The quantitative estimate of drug-likeness (QED) is 0.292. The number of rotatable bonds is 0. The standard InChI is InChI=1S/3NO3.2Ru/c3*2-1(3)4;;/q3*-1;2*+4. The Morgan fingerprint density at radius 2 is 0.500 bits per heavy atom. The predicted octanol–water partition coefficient (Wildman–Crippen LogP) is -0.722. The normalized spacial score (nSPS) is 5.14. The third kappa shape index (κ3) is 791. The topological polar surface area (TPSA) is 199 Å². The van der Waals surface area contributed by atoms with E-state index in [0.717, 1.165) is 0 Å². The molecule has 14 heavy (non-hydrogen) atoms. The van der Waals surface area contributed by atoms with Crippen LogP contribution < -0.4 is 0 Å². The Morgan fingerprint density at radius 1 is 0.500 bits per heavy atom. The van der Waals surface area contributed by atoms with Gasteiger partial charge >= 0.3 is 39.0 Å². The fourth-order valence-corrected chi connectivity index (χ4v) is 0. The summed E-state index contributed by atoms with van der Waals surface area (Å²) in [4.78, 5) is 24.8. The van der Waals surface area contributed by atoms with Gasteiger partial charge in [-0.25, -0.2) is 0 Å². The van der Waals surface area contributed by atoms with E-state index in [1.807, 2.05) is 0 Å². The van der Waals surface area contributed by atoms with Crippen molar-refractivity contribution in [2.24, 2.45) is 0 Å². The van der Waals surface area contributed by atoms with Gasteiger partial charge in [-0.2, -0.15) is 0 Å². The van der Waals surface area contributed by atoms with Crippen molar-refractivity contribution in [3.63, 3.8) is 0 Å². The Bertz CT molecular complexity index is 116. The Morgan fingerprint density at radius 3 is 0.500 bits per heavy atom. The van der Waals surface area contributed by atoms with E-state index >= 15 is 0 Å². The summed E-state index contributed by atoms with van der Waals surface area (Å²) in [5.41, 5.74) is 0. The fourth-order valence-electron chi connectivity index (χ4n) is 0. The predicted molar refractivity (Wildman–Crippen MR) is 31.1 cm³/mol. The van der Waals surface area contributed by atoms with Crippen LogP contribution in [0.15, 0.2) is 0 Å². The SMILES string of the molecule is O=[N+]([O-])[O-].O=[N+]([O-])[O-].O=[N+]([O-])[O-].[Ru+4].[Ru+4]. The molecule has 0 rings (SSSR count). The Hall–Kier alpha value is -1.15. The fraction of sp³-hybridized carbons (Fsp3) is 0. The molecule has 0 radical (unpaired) electrons. The van der Waals surface area contributed by atoms with Crippen LogP contribution in [-0.2, 0) is 39.0 Å². The van der Waals surface area contributed by atoms with Gasteiger partial charge in [-0.1, -0.05) is 0 Å². The summed E-state index contributed by atoms with van der Waals surface area (Å²) < 4.78 is 0. The van der Waals surface area contributed by atoms with Gasteiger partial charge in [0.05, 0.1) is 15.3 Å². The molecule has 0 aliphatic carbocycles. The Balaban J connectivity index is -0.0000000270. The van der Waals surface area contributed by atoms with Crippen LogP contribution >= 0.6 is 0 Å². The Kier molecular flexibility index (Phi) is 47.3. The summed E-state index contributed by atoms with van der Waals surface area (Å²) >= 11 is 0. The van der Waals surface area contributed by atoms with E-state index in [2.05, 4.69) is 0 Å². The molecule has 0 amide bonds. The van der Waals surface area contributed by atoms with Crippen LogP contribution in [0.4, 0.5) is 0 Å². The summed E-state index contributed by atoms with van der Waals surface area (Å²) in [5, 5.41) is 44.2. The largest absolute Gasteiger partial charge is 4.00 e. The molecule has 0 saturated carbocycles. The zero-order valence-corrected chi connectivity index (χ0v) is 9.20. The third-order valence-electron chi connectivity index (χ3n) is 0. The Labute approximate surface area is 100 Å². The van der Waals surface area contributed by atoms with Gasteiger partial charge in [0, 0.05) is 0 Å². The van der Waals surface area contributed by atoms with Crippen molar-refractivity contribution in [1.29, 1.82) is 0 Å². The molecule has 0 saturated heterocycles.